The second-order valence-corrected chi connectivity index (χ2v) is 6.45. The summed E-state index contributed by atoms with van der Waals surface area (Å²) >= 11 is 5.18. The van der Waals surface area contributed by atoms with Crippen molar-refractivity contribution in [2.75, 3.05) is 5.32 Å². The van der Waals surface area contributed by atoms with Crippen LogP contribution in [0.5, 0.6) is 0 Å². The Labute approximate surface area is 123 Å². The molecule has 0 amide bonds. The summed E-state index contributed by atoms with van der Waals surface area (Å²) in [5.41, 5.74) is 4.58. The van der Waals surface area contributed by atoms with Crippen LogP contribution >= 0.6 is 27.3 Å². The molecule has 3 rings (SSSR count). The highest BCUT2D eigenvalue weighted by Gasteiger charge is 2.00. The van der Waals surface area contributed by atoms with Gasteiger partial charge in [-0.15, -0.1) is 11.3 Å². The molecule has 2 N–H and O–H groups in total. The molecule has 2 aromatic heterocycles. The van der Waals surface area contributed by atoms with Crippen molar-refractivity contribution in [2.45, 2.75) is 6.54 Å². The summed E-state index contributed by atoms with van der Waals surface area (Å²) in [6, 6.07) is 12.4. The average Bonchev–Trinajstić information content (AvgIpc) is 3.08. The lowest BCUT2D eigenvalue weighted by Crippen LogP contribution is -1.97. The van der Waals surface area contributed by atoms with Gasteiger partial charge in [-0.25, -0.2) is 0 Å². The lowest BCUT2D eigenvalue weighted by atomic mass is 10.1. The zero-order valence-electron chi connectivity index (χ0n) is 10.1. The van der Waals surface area contributed by atoms with E-state index in [9.17, 15) is 0 Å². The molecule has 0 atom stereocenters. The van der Waals surface area contributed by atoms with Crippen molar-refractivity contribution in [1.29, 1.82) is 0 Å². The Morgan fingerprint density at radius 2 is 2.05 bits per heavy atom. The van der Waals surface area contributed by atoms with Gasteiger partial charge >= 0.3 is 0 Å². The molecule has 0 bridgehead atoms. The van der Waals surface area contributed by atoms with Crippen molar-refractivity contribution < 1.29 is 0 Å². The van der Waals surface area contributed by atoms with E-state index >= 15 is 0 Å². The van der Waals surface area contributed by atoms with Crippen molar-refractivity contribution in [2.24, 2.45) is 0 Å². The van der Waals surface area contributed by atoms with E-state index in [-0.39, 0.29) is 0 Å². The monoisotopic (exact) mass is 333 g/mol. The summed E-state index contributed by atoms with van der Waals surface area (Å²) in [5, 5.41) is 12.5. The highest BCUT2D eigenvalue weighted by molar-refractivity contribution is 9.11. The number of anilines is 1. The first-order valence-corrected chi connectivity index (χ1v) is 7.55. The third-order valence-corrected chi connectivity index (χ3v) is 4.37. The first kappa shape index (κ1) is 12.4. The fraction of sp³-hybridized carbons (Fsp3) is 0.0714. The maximum absolute atomic E-state index is 3.96. The Bertz CT molecular complexity index is 644. The van der Waals surface area contributed by atoms with Crippen LogP contribution in [-0.4, -0.2) is 10.2 Å². The van der Waals surface area contributed by atoms with Crippen molar-refractivity contribution >= 4 is 33.0 Å². The van der Waals surface area contributed by atoms with Crippen LogP contribution in [0.2, 0.25) is 0 Å². The van der Waals surface area contributed by atoms with Gasteiger partial charge in [0.15, 0.2) is 0 Å². The molecule has 0 fully saturated rings. The number of H-pyrrole nitrogens is 1. The SMILES string of the molecule is Brc1cc(CNc2ccc(-c3ccn[nH]3)cc2)cs1. The fourth-order valence-corrected chi connectivity index (χ4v) is 3.04. The predicted molar refractivity (Wildman–Crippen MR) is 83.4 cm³/mol. The average molecular weight is 334 g/mol. The van der Waals surface area contributed by atoms with Crippen molar-refractivity contribution in [3.8, 4) is 11.3 Å². The van der Waals surface area contributed by atoms with E-state index in [4.69, 9.17) is 0 Å². The number of aromatic amines is 1. The summed E-state index contributed by atoms with van der Waals surface area (Å²) in [4.78, 5) is 0. The van der Waals surface area contributed by atoms with E-state index < -0.39 is 0 Å². The van der Waals surface area contributed by atoms with Gasteiger partial charge in [-0.2, -0.15) is 5.10 Å². The molecule has 1 aromatic carbocycles. The summed E-state index contributed by atoms with van der Waals surface area (Å²) < 4.78 is 1.17. The summed E-state index contributed by atoms with van der Waals surface area (Å²) in [6.45, 7) is 0.839. The van der Waals surface area contributed by atoms with Crippen molar-refractivity contribution in [3.63, 3.8) is 0 Å². The minimum atomic E-state index is 0.839. The quantitative estimate of drug-likeness (QED) is 0.737. The van der Waals surface area contributed by atoms with Crippen LogP contribution in [0.4, 0.5) is 5.69 Å². The molecule has 0 radical (unpaired) electrons. The van der Waals surface area contributed by atoms with Crippen molar-refractivity contribution in [3.05, 3.63) is 57.3 Å². The predicted octanol–water partition coefficient (Wildman–Crippen LogP) is 4.51. The summed E-state index contributed by atoms with van der Waals surface area (Å²) in [5.74, 6) is 0. The number of hydrogen-bond acceptors (Lipinski definition) is 3. The molecule has 5 heteroatoms. The molecule has 0 aliphatic carbocycles. The molecular formula is C14H12BrN3S. The molecule has 0 aliphatic heterocycles. The standard InChI is InChI=1S/C14H12BrN3S/c15-14-7-10(9-19-14)8-16-12-3-1-11(2-4-12)13-5-6-17-18-13/h1-7,9,16H,8H2,(H,17,18). The third kappa shape index (κ3) is 3.05. The minimum Gasteiger partial charge on any atom is -0.381 e. The topological polar surface area (TPSA) is 40.7 Å². The van der Waals surface area contributed by atoms with E-state index in [2.05, 4.69) is 67.2 Å². The largest absolute Gasteiger partial charge is 0.381 e. The number of benzene rings is 1. The minimum absolute atomic E-state index is 0.839. The van der Waals surface area contributed by atoms with Crippen LogP contribution in [0, 0.1) is 0 Å². The first-order chi connectivity index (χ1) is 9.31. The highest BCUT2D eigenvalue weighted by Crippen LogP contribution is 2.22. The van der Waals surface area contributed by atoms with Gasteiger partial charge < -0.3 is 5.32 Å². The Hall–Kier alpha value is -1.59. The van der Waals surface area contributed by atoms with Gasteiger partial charge in [0, 0.05) is 18.4 Å². The van der Waals surface area contributed by atoms with Crippen LogP contribution in [0.3, 0.4) is 0 Å². The van der Waals surface area contributed by atoms with Gasteiger partial charge in [-0.05, 0) is 56.7 Å². The van der Waals surface area contributed by atoms with E-state index in [0.717, 1.165) is 23.5 Å². The van der Waals surface area contributed by atoms with E-state index in [1.54, 1.807) is 17.5 Å². The molecular weight excluding hydrogens is 322 g/mol. The number of rotatable bonds is 4. The van der Waals surface area contributed by atoms with E-state index in [1.165, 1.54) is 9.35 Å². The number of thiophene rings is 1. The number of aromatic nitrogens is 2. The molecule has 96 valence electrons. The van der Waals surface area contributed by atoms with Crippen LogP contribution in [0.25, 0.3) is 11.3 Å². The molecule has 3 aromatic rings. The number of hydrogen-bond donors (Lipinski definition) is 2. The first-order valence-electron chi connectivity index (χ1n) is 5.88. The Morgan fingerprint density at radius 3 is 2.68 bits per heavy atom. The Morgan fingerprint density at radius 1 is 1.21 bits per heavy atom. The van der Waals surface area contributed by atoms with E-state index in [0.29, 0.717) is 0 Å². The van der Waals surface area contributed by atoms with Crippen LogP contribution in [0.1, 0.15) is 5.56 Å². The highest BCUT2D eigenvalue weighted by atomic mass is 79.9. The maximum Gasteiger partial charge on any atom is 0.0701 e. The molecule has 0 spiro atoms. The summed E-state index contributed by atoms with van der Waals surface area (Å²) in [6.07, 6.45) is 1.76. The van der Waals surface area contributed by atoms with Gasteiger partial charge in [0.05, 0.1) is 9.48 Å². The molecule has 0 saturated carbocycles. The normalized spacial score (nSPS) is 10.6. The molecule has 0 unspecified atom stereocenters. The van der Waals surface area contributed by atoms with Gasteiger partial charge in [0.1, 0.15) is 0 Å². The molecule has 0 saturated heterocycles. The van der Waals surface area contributed by atoms with Crippen LogP contribution < -0.4 is 5.32 Å². The van der Waals surface area contributed by atoms with Crippen LogP contribution in [0.15, 0.2) is 51.8 Å². The number of nitrogens with zero attached hydrogens (tertiary/aromatic N) is 1. The number of nitrogens with one attached hydrogen (secondary N) is 2. The van der Waals surface area contributed by atoms with Gasteiger partial charge in [-0.3, -0.25) is 5.10 Å². The smallest absolute Gasteiger partial charge is 0.0701 e. The zero-order chi connectivity index (χ0) is 13.1. The van der Waals surface area contributed by atoms with Gasteiger partial charge in [0.25, 0.3) is 0 Å². The molecule has 0 aliphatic rings. The van der Waals surface area contributed by atoms with Crippen molar-refractivity contribution in [1.82, 2.24) is 10.2 Å². The van der Waals surface area contributed by atoms with Gasteiger partial charge in [0.2, 0.25) is 0 Å². The maximum atomic E-state index is 3.96. The second kappa shape index (κ2) is 5.59. The lowest BCUT2D eigenvalue weighted by molar-refractivity contribution is 1.09. The molecule has 2 heterocycles. The second-order valence-electron chi connectivity index (χ2n) is 4.16. The molecule has 3 nitrogen and oxygen atoms in total. The zero-order valence-corrected chi connectivity index (χ0v) is 12.5. The van der Waals surface area contributed by atoms with E-state index in [1.807, 2.05) is 6.07 Å². The third-order valence-electron chi connectivity index (χ3n) is 2.82. The Kier molecular flexibility index (Phi) is 3.66. The lowest BCUT2D eigenvalue weighted by Gasteiger charge is -2.05. The fourth-order valence-electron chi connectivity index (χ4n) is 1.83. The van der Waals surface area contributed by atoms with Gasteiger partial charge in [-0.1, -0.05) is 12.1 Å². The number of halogens is 1. The summed E-state index contributed by atoms with van der Waals surface area (Å²) in [7, 11) is 0. The molecule has 19 heavy (non-hydrogen) atoms. The Balaban J connectivity index is 1.66. The van der Waals surface area contributed by atoms with Crippen LogP contribution in [-0.2, 0) is 6.54 Å².